The Bertz CT molecular complexity index is 949. The van der Waals surface area contributed by atoms with Crippen LogP contribution in [0.4, 0.5) is 0 Å². The molecule has 3 rings (SSSR count). The Morgan fingerprint density at radius 2 is 1.93 bits per heavy atom. The molecular weight excluding hydrogens is 394 g/mol. The van der Waals surface area contributed by atoms with Crippen LogP contribution in [0.15, 0.2) is 34.4 Å². The van der Waals surface area contributed by atoms with Gasteiger partial charge in [0, 0.05) is 23.8 Å². The highest BCUT2D eigenvalue weighted by atomic mass is 35.5. The lowest BCUT2D eigenvalue weighted by atomic mass is 9.94. The number of carbonyl (C=O) groups is 2. The number of hydrogen-bond acceptors (Lipinski definition) is 6. The van der Waals surface area contributed by atoms with E-state index in [1.165, 1.54) is 23.3 Å². The van der Waals surface area contributed by atoms with Crippen molar-refractivity contribution in [2.75, 3.05) is 6.26 Å². The van der Waals surface area contributed by atoms with Gasteiger partial charge < -0.3 is 9.94 Å². The fourth-order valence-electron chi connectivity index (χ4n) is 3.05. The minimum absolute atomic E-state index is 0.0123. The molecule has 0 radical (unpaired) electrons. The highest BCUT2D eigenvalue weighted by molar-refractivity contribution is 7.90. The van der Waals surface area contributed by atoms with Crippen molar-refractivity contribution in [3.8, 4) is 0 Å². The van der Waals surface area contributed by atoms with Gasteiger partial charge in [0.2, 0.25) is 0 Å². The molecule has 1 atom stereocenters. The largest absolute Gasteiger partial charge is 0.480 e. The van der Waals surface area contributed by atoms with E-state index < -0.39 is 27.6 Å². The highest BCUT2D eigenvalue weighted by Gasteiger charge is 2.49. The number of carboxylic acids is 1. The Hall–Kier alpha value is -1.90. The van der Waals surface area contributed by atoms with E-state index in [0.717, 1.165) is 19.1 Å². The van der Waals surface area contributed by atoms with Crippen LogP contribution in [0, 0.1) is 5.92 Å². The molecule has 7 nitrogen and oxygen atoms in total. The lowest BCUT2D eigenvalue weighted by Crippen LogP contribution is -2.43. The van der Waals surface area contributed by atoms with Crippen molar-refractivity contribution < 1.29 is 28.0 Å². The zero-order valence-corrected chi connectivity index (χ0v) is 16.7. The van der Waals surface area contributed by atoms with Crippen LogP contribution in [0.2, 0.25) is 5.02 Å². The molecule has 0 saturated heterocycles. The molecule has 1 aliphatic carbocycles. The third-order valence-corrected chi connectivity index (χ3v) is 5.97. The summed E-state index contributed by atoms with van der Waals surface area (Å²) < 4.78 is 23.3. The third-order valence-electron chi connectivity index (χ3n) is 4.55. The zero-order chi connectivity index (χ0) is 20.1. The van der Waals surface area contributed by atoms with E-state index in [4.69, 9.17) is 16.4 Å². The summed E-state index contributed by atoms with van der Waals surface area (Å²) in [7, 11) is -3.48. The lowest BCUT2D eigenvalue weighted by molar-refractivity contribution is -0.172. The molecule has 1 aliphatic heterocycles. The number of benzene rings is 1. The Morgan fingerprint density at radius 3 is 2.37 bits per heavy atom. The van der Waals surface area contributed by atoms with E-state index in [9.17, 15) is 23.1 Å². The van der Waals surface area contributed by atoms with Gasteiger partial charge in [0.25, 0.3) is 0 Å². The Kier molecular flexibility index (Phi) is 5.09. The van der Waals surface area contributed by atoms with Crippen molar-refractivity contribution in [2.45, 2.75) is 43.7 Å². The van der Waals surface area contributed by atoms with Crippen LogP contribution in [-0.2, 0) is 19.5 Å². The summed E-state index contributed by atoms with van der Waals surface area (Å²) in [6, 6.07) is 2.31. The molecule has 0 aromatic heterocycles. The quantitative estimate of drug-likeness (QED) is 0.715. The summed E-state index contributed by atoms with van der Waals surface area (Å²) in [6.45, 7) is 3.56. The first-order valence-corrected chi connectivity index (χ1v) is 10.8. The minimum Gasteiger partial charge on any atom is -0.480 e. The Balaban J connectivity index is 2.08. The average molecular weight is 414 g/mol. The van der Waals surface area contributed by atoms with Crippen LogP contribution in [0.1, 0.15) is 37.0 Å². The molecule has 1 unspecified atom stereocenters. The van der Waals surface area contributed by atoms with Crippen molar-refractivity contribution in [1.29, 1.82) is 0 Å². The number of hydrogen-bond donors (Lipinski definition) is 1. The molecule has 1 fully saturated rings. The molecule has 146 valence electrons. The van der Waals surface area contributed by atoms with E-state index in [1.54, 1.807) is 13.8 Å². The third kappa shape index (κ3) is 3.74. The molecule has 0 bridgehead atoms. The highest BCUT2D eigenvalue weighted by Crippen LogP contribution is 2.45. The molecule has 1 aromatic rings. The smallest absolute Gasteiger partial charge is 0.329 e. The molecule has 1 aromatic carbocycles. The molecule has 1 heterocycles. The van der Waals surface area contributed by atoms with E-state index >= 15 is 0 Å². The van der Waals surface area contributed by atoms with Crippen LogP contribution in [0.3, 0.4) is 0 Å². The zero-order valence-electron chi connectivity index (χ0n) is 15.1. The first-order valence-electron chi connectivity index (χ1n) is 8.49. The second-order valence-corrected chi connectivity index (χ2v) is 9.50. The number of sulfone groups is 1. The molecule has 0 spiro atoms. The number of aliphatic carboxylic acids is 1. The maximum absolute atomic E-state index is 13.2. The number of carboxylic acid groups (broad SMARTS) is 1. The van der Waals surface area contributed by atoms with Crippen LogP contribution < -0.4 is 0 Å². The number of nitrogens with zero attached hydrogens (tertiary/aromatic N) is 1. The lowest BCUT2D eigenvalue weighted by Gasteiger charge is -2.25. The summed E-state index contributed by atoms with van der Waals surface area (Å²) in [4.78, 5) is 30.8. The van der Waals surface area contributed by atoms with Gasteiger partial charge in [-0.15, -0.1) is 5.06 Å². The second-order valence-electron chi connectivity index (χ2n) is 7.08. The van der Waals surface area contributed by atoms with Crippen molar-refractivity contribution in [2.24, 2.45) is 5.92 Å². The van der Waals surface area contributed by atoms with Gasteiger partial charge in [0.05, 0.1) is 15.5 Å². The monoisotopic (exact) mass is 413 g/mol. The van der Waals surface area contributed by atoms with Gasteiger partial charge in [-0.25, -0.2) is 8.42 Å². The van der Waals surface area contributed by atoms with Crippen LogP contribution in [0.5, 0.6) is 0 Å². The van der Waals surface area contributed by atoms with Crippen LogP contribution in [0.25, 0.3) is 0 Å². The van der Waals surface area contributed by atoms with Gasteiger partial charge in [-0.05, 0) is 44.9 Å². The number of rotatable bonds is 6. The second kappa shape index (κ2) is 6.92. The minimum atomic E-state index is -3.48. The van der Waals surface area contributed by atoms with Gasteiger partial charge in [0.15, 0.2) is 21.7 Å². The predicted octanol–water partition coefficient (Wildman–Crippen LogP) is 2.70. The van der Waals surface area contributed by atoms with E-state index in [2.05, 4.69) is 0 Å². The summed E-state index contributed by atoms with van der Waals surface area (Å²) in [6.07, 6.45) is 2.69. The summed E-state index contributed by atoms with van der Waals surface area (Å²) in [5, 5.41) is 11.0. The fraction of sp³-hybridized carbons (Fsp3) is 0.444. The maximum Gasteiger partial charge on any atom is 0.329 e. The number of allylic oxidation sites excluding steroid dienone is 1. The van der Waals surface area contributed by atoms with Crippen molar-refractivity contribution >= 4 is 33.2 Å². The van der Waals surface area contributed by atoms with Gasteiger partial charge in [-0.1, -0.05) is 11.6 Å². The molecular formula is C18H20ClNO6S. The van der Waals surface area contributed by atoms with Crippen molar-refractivity contribution in [3.05, 3.63) is 40.1 Å². The Morgan fingerprint density at radius 1 is 1.30 bits per heavy atom. The molecule has 2 aliphatic rings. The number of Topliss-reactive ketones (excluding diaryl/α,β-unsaturated/α-hetero) is 1. The summed E-state index contributed by atoms with van der Waals surface area (Å²) in [5.41, 5.74) is 0.116. The van der Waals surface area contributed by atoms with Gasteiger partial charge in [-0.3, -0.25) is 9.59 Å². The first-order chi connectivity index (χ1) is 12.5. The first kappa shape index (κ1) is 19.9. The van der Waals surface area contributed by atoms with Gasteiger partial charge in [0.1, 0.15) is 5.76 Å². The maximum atomic E-state index is 13.2. The SMILES string of the molecule is CC(C)N1OC(C2CC2)=C(C(=O)c2ccc(S(C)(=O)=O)cc2Cl)C1C(=O)O. The molecule has 9 heteroatoms. The topological polar surface area (TPSA) is 101 Å². The molecule has 0 amide bonds. The predicted molar refractivity (Wildman–Crippen MR) is 98.1 cm³/mol. The Labute approximate surface area is 162 Å². The van der Waals surface area contributed by atoms with Crippen molar-refractivity contribution in [1.82, 2.24) is 5.06 Å². The van der Waals surface area contributed by atoms with Crippen LogP contribution >= 0.6 is 11.6 Å². The van der Waals surface area contributed by atoms with Crippen molar-refractivity contribution in [3.63, 3.8) is 0 Å². The summed E-state index contributed by atoms with van der Waals surface area (Å²) >= 11 is 6.17. The fourth-order valence-corrected chi connectivity index (χ4v) is 4.02. The normalized spacial score (nSPS) is 20.9. The van der Waals surface area contributed by atoms with Gasteiger partial charge >= 0.3 is 5.97 Å². The molecule has 27 heavy (non-hydrogen) atoms. The number of ketones is 1. The standard InChI is InChI=1S/C18H20ClNO6S/c1-9(2)20-15(18(22)23)14(17(26-20)10-4-5-10)16(21)12-7-6-11(8-13(12)19)27(3,24)25/h6-10,15H,4-5H2,1-3H3,(H,22,23). The number of halogens is 1. The average Bonchev–Trinajstić information content (AvgIpc) is 3.31. The van der Waals surface area contributed by atoms with Gasteiger partial charge in [-0.2, -0.15) is 0 Å². The van der Waals surface area contributed by atoms with E-state index in [0.29, 0.717) is 5.76 Å². The van der Waals surface area contributed by atoms with E-state index in [1.807, 2.05) is 0 Å². The number of carbonyl (C=O) groups excluding carboxylic acids is 1. The molecule has 1 saturated carbocycles. The molecule has 1 N–H and O–H groups in total. The van der Waals surface area contributed by atoms with Crippen LogP contribution in [-0.4, -0.2) is 48.7 Å². The summed E-state index contributed by atoms with van der Waals surface area (Å²) in [5.74, 6) is -1.35. The van der Waals surface area contributed by atoms with E-state index in [-0.39, 0.29) is 33.0 Å². The number of hydroxylamine groups is 2.